The van der Waals surface area contributed by atoms with Gasteiger partial charge < -0.3 is 10.6 Å². The highest BCUT2D eigenvalue weighted by Crippen LogP contribution is 2.31. The quantitative estimate of drug-likeness (QED) is 0.860. The number of benzene rings is 1. The molecule has 0 bridgehead atoms. The van der Waals surface area contributed by atoms with E-state index in [1.807, 2.05) is 0 Å². The lowest BCUT2D eigenvalue weighted by molar-refractivity contribution is -0.122. The summed E-state index contributed by atoms with van der Waals surface area (Å²) in [6, 6.07) is 2.91. The van der Waals surface area contributed by atoms with Gasteiger partial charge in [-0.2, -0.15) is 0 Å². The molecule has 0 aromatic heterocycles. The summed E-state index contributed by atoms with van der Waals surface area (Å²) in [5.74, 6) is -0.643. The molecule has 0 radical (unpaired) electrons. The molecule has 1 fully saturated rings. The van der Waals surface area contributed by atoms with Gasteiger partial charge in [0.15, 0.2) is 0 Å². The number of nitrogens with one attached hydrogen (secondary N) is 2. The van der Waals surface area contributed by atoms with Crippen molar-refractivity contribution in [3.05, 3.63) is 23.5 Å². The largest absolute Gasteiger partial charge is 0.326 e. The van der Waals surface area contributed by atoms with Crippen LogP contribution in [0.3, 0.4) is 0 Å². The van der Waals surface area contributed by atoms with Gasteiger partial charge in [-0.25, -0.2) is 4.39 Å². The van der Waals surface area contributed by atoms with E-state index >= 15 is 0 Å². The molecule has 1 aromatic rings. The lowest BCUT2D eigenvalue weighted by Gasteiger charge is -2.25. The molecule has 2 N–H and O–H groups in total. The van der Waals surface area contributed by atoms with Crippen LogP contribution in [0.15, 0.2) is 12.1 Å². The molecule has 1 aliphatic carbocycles. The van der Waals surface area contributed by atoms with Crippen molar-refractivity contribution in [3.63, 3.8) is 0 Å². The number of fused-ring (bicyclic) bond motifs is 1. The van der Waals surface area contributed by atoms with Crippen LogP contribution < -0.4 is 10.6 Å². The second-order valence-corrected chi connectivity index (χ2v) is 5.15. The fraction of sp³-hybridized carbons (Fsp3) is 0.429. The SMILES string of the molecule is O=C1CCc2cc(F)c(NC(=O)C3CCC3)cc2N1. The van der Waals surface area contributed by atoms with Gasteiger partial charge in [0.25, 0.3) is 0 Å². The molecule has 1 saturated carbocycles. The van der Waals surface area contributed by atoms with Crippen LogP contribution >= 0.6 is 0 Å². The molecule has 1 aromatic carbocycles. The van der Waals surface area contributed by atoms with Crippen molar-refractivity contribution < 1.29 is 14.0 Å². The summed E-state index contributed by atoms with van der Waals surface area (Å²) in [6.07, 6.45) is 3.71. The fourth-order valence-electron chi connectivity index (χ4n) is 2.40. The standard InChI is InChI=1S/C14H15FN2O2/c15-10-6-9-4-5-13(18)16-11(9)7-12(10)17-14(19)8-2-1-3-8/h6-8H,1-5H2,(H,16,18)(H,17,19). The topological polar surface area (TPSA) is 58.2 Å². The number of anilines is 2. The van der Waals surface area contributed by atoms with E-state index in [4.69, 9.17) is 0 Å². The Bertz CT molecular complexity index is 553. The van der Waals surface area contributed by atoms with Crippen LogP contribution in [0.1, 0.15) is 31.2 Å². The molecule has 5 heteroatoms. The summed E-state index contributed by atoms with van der Waals surface area (Å²) in [6.45, 7) is 0. The van der Waals surface area contributed by atoms with Crippen molar-refractivity contribution in [1.82, 2.24) is 0 Å². The Morgan fingerprint density at radius 2 is 2.11 bits per heavy atom. The lowest BCUT2D eigenvalue weighted by Crippen LogP contribution is -2.28. The van der Waals surface area contributed by atoms with Gasteiger partial charge in [0.2, 0.25) is 11.8 Å². The molecular formula is C14H15FN2O2. The Balaban J connectivity index is 1.83. The molecule has 2 amide bonds. The number of carbonyl (C=O) groups excluding carboxylic acids is 2. The molecule has 0 atom stereocenters. The number of hydrogen-bond donors (Lipinski definition) is 2. The zero-order valence-corrected chi connectivity index (χ0v) is 10.5. The first-order chi connectivity index (χ1) is 9.13. The zero-order chi connectivity index (χ0) is 13.4. The van der Waals surface area contributed by atoms with Gasteiger partial charge in [0.05, 0.1) is 5.69 Å². The number of halogens is 1. The summed E-state index contributed by atoms with van der Waals surface area (Å²) >= 11 is 0. The second kappa shape index (κ2) is 4.64. The Morgan fingerprint density at radius 1 is 1.32 bits per heavy atom. The normalized spacial score (nSPS) is 18.3. The number of carbonyl (C=O) groups is 2. The molecule has 1 aliphatic heterocycles. The van der Waals surface area contributed by atoms with E-state index in [0.717, 1.165) is 24.8 Å². The molecular weight excluding hydrogens is 247 g/mol. The van der Waals surface area contributed by atoms with E-state index in [-0.39, 0.29) is 23.4 Å². The van der Waals surface area contributed by atoms with Gasteiger partial charge in [-0.3, -0.25) is 9.59 Å². The fourth-order valence-corrected chi connectivity index (χ4v) is 2.40. The minimum absolute atomic E-state index is 0.00465. The third-order valence-electron chi connectivity index (χ3n) is 3.82. The van der Waals surface area contributed by atoms with Crippen LogP contribution in [0.5, 0.6) is 0 Å². The molecule has 0 saturated heterocycles. The average Bonchev–Trinajstić information content (AvgIpc) is 2.28. The minimum Gasteiger partial charge on any atom is -0.326 e. The van der Waals surface area contributed by atoms with Gasteiger partial charge in [0, 0.05) is 18.0 Å². The van der Waals surface area contributed by atoms with Crippen LogP contribution in [0.2, 0.25) is 0 Å². The highest BCUT2D eigenvalue weighted by Gasteiger charge is 2.26. The molecule has 100 valence electrons. The van der Waals surface area contributed by atoms with Gasteiger partial charge in [-0.1, -0.05) is 6.42 Å². The van der Waals surface area contributed by atoms with Crippen molar-refractivity contribution in [2.75, 3.05) is 10.6 Å². The van der Waals surface area contributed by atoms with E-state index in [1.54, 1.807) is 0 Å². The van der Waals surface area contributed by atoms with E-state index in [0.29, 0.717) is 18.5 Å². The minimum atomic E-state index is -0.442. The molecule has 2 aliphatic rings. The Hall–Kier alpha value is -1.91. The second-order valence-electron chi connectivity index (χ2n) is 5.15. The molecule has 1 heterocycles. The van der Waals surface area contributed by atoms with E-state index in [2.05, 4.69) is 10.6 Å². The first kappa shape index (κ1) is 12.1. The molecule has 4 nitrogen and oxygen atoms in total. The Kier molecular flexibility index (Phi) is 2.97. The zero-order valence-electron chi connectivity index (χ0n) is 10.5. The van der Waals surface area contributed by atoms with Gasteiger partial charge in [-0.15, -0.1) is 0 Å². The maximum absolute atomic E-state index is 13.9. The van der Waals surface area contributed by atoms with Gasteiger partial charge >= 0.3 is 0 Å². The summed E-state index contributed by atoms with van der Waals surface area (Å²) in [5, 5.41) is 5.31. The van der Waals surface area contributed by atoms with Crippen molar-refractivity contribution in [1.29, 1.82) is 0 Å². The first-order valence-corrected chi connectivity index (χ1v) is 6.56. The number of rotatable bonds is 2. The third-order valence-corrected chi connectivity index (χ3v) is 3.82. The number of hydrogen-bond acceptors (Lipinski definition) is 2. The highest BCUT2D eigenvalue weighted by atomic mass is 19.1. The van der Waals surface area contributed by atoms with Crippen molar-refractivity contribution in [2.24, 2.45) is 5.92 Å². The van der Waals surface area contributed by atoms with Crippen molar-refractivity contribution >= 4 is 23.2 Å². The van der Waals surface area contributed by atoms with Gasteiger partial charge in [0.1, 0.15) is 5.82 Å². The third kappa shape index (κ3) is 2.32. The first-order valence-electron chi connectivity index (χ1n) is 6.56. The predicted molar refractivity (Wildman–Crippen MR) is 69.3 cm³/mol. The monoisotopic (exact) mass is 262 g/mol. The molecule has 0 unspecified atom stereocenters. The number of aryl methyl sites for hydroxylation is 1. The Labute approximate surface area is 110 Å². The van der Waals surface area contributed by atoms with Crippen molar-refractivity contribution in [2.45, 2.75) is 32.1 Å². The highest BCUT2D eigenvalue weighted by molar-refractivity contribution is 5.97. The van der Waals surface area contributed by atoms with Crippen LogP contribution in [-0.4, -0.2) is 11.8 Å². The predicted octanol–water partition coefficient (Wildman–Crippen LogP) is 2.45. The van der Waals surface area contributed by atoms with E-state index < -0.39 is 5.82 Å². The summed E-state index contributed by atoms with van der Waals surface area (Å²) in [4.78, 5) is 23.1. The summed E-state index contributed by atoms with van der Waals surface area (Å²) in [5.41, 5.74) is 1.53. The average molecular weight is 262 g/mol. The molecule has 3 rings (SSSR count). The number of amides is 2. The summed E-state index contributed by atoms with van der Waals surface area (Å²) < 4.78 is 13.9. The Morgan fingerprint density at radius 3 is 2.79 bits per heavy atom. The van der Waals surface area contributed by atoms with Crippen LogP contribution in [0.4, 0.5) is 15.8 Å². The van der Waals surface area contributed by atoms with Crippen LogP contribution in [0, 0.1) is 11.7 Å². The molecule has 0 spiro atoms. The van der Waals surface area contributed by atoms with Crippen LogP contribution in [-0.2, 0) is 16.0 Å². The van der Waals surface area contributed by atoms with Gasteiger partial charge in [-0.05, 0) is 37.0 Å². The smallest absolute Gasteiger partial charge is 0.227 e. The summed E-state index contributed by atoms with van der Waals surface area (Å²) in [7, 11) is 0. The lowest BCUT2D eigenvalue weighted by atomic mass is 9.85. The van der Waals surface area contributed by atoms with E-state index in [9.17, 15) is 14.0 Å². The van der Waals surface area contributed by atoms with Crippen molar-refractivity contribution in [3.8, 4) is 0 Å². The molecule has 19 heavy (non-hydrogen) atoms. The maximum Gasteiger partial charge on any atom is 0.227 e. The van der Waals surface area contributed by atoms with E-state index in [1.165, 1.54) is 12.1 Å². The van der Waals surface area contributed by atoms with Crippen LogP contribution in [0.25, 0.3) is 0 Å². The maximum atomic E-state index is 13.9.